The van der Waals surface area contributed by atoms with Gasteiger partial charge in [0.1, 0.15) is 5.75 Å². The van der Waals surface area contributed by atoms with Crippen molar-refractivity contribution < 1.29 is 28.5 Å². The summed E-state index contributed by atoms with van der Waals surface area (Å²) in [6.45, 7) is 2.69. The summed E-state index contributed by atoms with van der Waals surface area (Å²) in [5.74, 6) is 0.673. The molecule has 8 nitrogen and oxygen atoms in total. The van der Waals surface area contributed by atoms with Gasteiger partial charge < -0.3 is 18.9 Å². The van der Waals surface area contributed by atoms with Crippen LogP contribution in [0.3, 0.4) is 0 Å². The number of hydrogen-bond acceptors (Lipinski definition) is 7. The van der Waals surface area contributed by atoms with Crippen molar-refractivity contribution in [1.29, 1.82) is 0 Å². The quantitative estimate of drug-likeness (QED) is 0.497. The molecule has 0 unspecified atom stereocenters. The van der Waals surface area contributed by atoms with Gasteiger partial charge in [-0.15, -0.1) is 5.10 Å². The highest BCUT2D eigenvalue weighted by Gasteiger charge is 2.35. The fourth-order valence-electron chi connectivity index (χ4n) is 2.81. The van der Waals surface area contributed by atoms with Crippen LogP contribution in [0, 0.1) is 0 Å². The Morgan fingerprint density at radius 3 is 2.34 bits per heavy atom. The molecule has 2 aromatic rings. The van der Waals surface area contributed by atoms with Gasteiger partial charge in [0.25, 0.3) is 0 Å². The van der Waals surface area contributed by atoms with E-state index in [1.54, 1.807) is 36.4 Å². The summed E-state index contributed by atoms with van der Waals surface area (Å²) in [6.07, 6.45) is -0.813. The van der Waals surface area contributed by atoms with Gasteiger partial charge in [0.15, 0.2) is 11.5 Å². The van der Waals surface area contributed by atoms with E-state index < -0.39 is 12.2 Å². The number of carbonyl (C=O) groups is 2. The Hall–Kier alpha value is -3.07. The minimum absolute atomic E-state index is 0.150. The van der Waals surface area contributed by atoms with Gasteiger partial charge in [0.2, 0.25) is 18.0 Å². The second kappa shape index (κ2) is 8.52. The summed E-state index contributed by atoms with van der Waals surface area (Å²) in [5, 5.41) is 5.53. The Kier molecular flexibility index (Phi) is 6.07. The first-order chi connectivity index (χ1) is 13.8. The number of esters is 1. The van der Waals surface area contributed by atoms with Crippen molar-refractivity contribution in [2.45, 2.75) is 20.1 Å². The number of rotatable bonds is 5. The van der Waals surface area contributed by atoms with E-state index in [2.05, 4.69) is 21.0 Å². The Labute approximate surface area is 176 Å². The first kappa shape index (κ1) is 20.7. The third kappa shape index (κ3) is 4.34. The van der Waals surface area contributed by atoms with Crippen LogP contribution >= 0.6 is 15.9 Å². The largest absolute Gasteiger partial charge is 0.493 e. The molecular weight excluding hydrogens is 444 g/mol. The maximum absolute atomic E-state index is 12.2. The summed E-state index contributed by atoms with van der Waals surface area (Å²) in [6, 6.07) is 10.2. The number of hydrazone groups is 1. The van der Waals surface area contributed by atoms with Crippen LogP contribution < -0.4 is 14.2 Å². The van der Waals surface area contributed by atoms with Crippen LogP contribution in [0.25, 0.3) is 0 Å². The number of halogens is 1. The number of nitrogens with zero attached hydrogens (tertiary/aromatic N) is 2. The zero-order chi connectivity index (χ0) is 21.1. The first-order valence-electron chi connectivity index (χ1n) is 8.59. The van der Waals surface area contributed by atoms with E-state index in [-0.39, 0.29) is 17.6 Å². The van der Waals surface area contributed by atoms with E-state index in [9.17, 15) is 9.59 Å². The van der Waals surface area contributed by atoms with Crippen molar-refractivity contribution in [1.82, 2.24) is 5.01 Å². The average molecular weight is 463 g/mol. The normalized spacial score (nSPS) is 15.4. The van der Waals surface area contributed by atoms with Crippen LogP contribution in [0.4, 0.5) is 0 Å². The van der Waals surface area contributed by atoms with Gasteiger partial charge in [0.05, 0.1) is 19.8 Å². The van der Waals surface area contributed by atoms with E-state index in [0.29, 0.717) is 22.6 Å². The second-order valence-corrected chi connectivity index (χ2v) is 7.00. The molecule has 29 heavy (non-hydrogen) atoms. The Morgan fingerprint density at radius 1 is 1.03 bits per heavy atom. The third-order valence-electron chi connectivity index (χ3n) is 4.09. The zero-order valence-electron chi connectivity index (χ0n) is 16.3. The second-order valence-electron chi connectivity index (χ2n) is 6.09. The average Bonchev–Trinajstić information content (AvgIpc) is 3.14. The molecule has 0 spiro atoms. The number of amides is 1. The lowest BCUT2D eigenvalue weighted by molar-refractivity contribution is -0.135. The molecule has 0 bridgehead atoms. The van der Waals surface area contributed by atoms with Crippen molar-refractivity contribution in [3.05, 3.63) is 52.0 Å². The Morgan fingerprint density at radius 2 is 1.72 bits per heavy atom. The fourth-order valence-corrected chi connectivity index (χ4v) is 3.17. The minimum atomic E-state index is -0.813. The Balaban J connectivity index is 2.01. The summed E-state index contributed by atoms with van der Waals surface area (Å²) < 4.78 is 22.6. The molecule has 0 aliphatic carbocycles. The molecule has 0 saturated heterocycles. The maximum Gasteiger partial charge on any atom is 0.308 e. The summed E-state index contributed by atoms with van der Waals surface area (Å²) in [7, 11) is 3.06. The summed E-state index contributed by atoms with van der Waals surface area (Å²) >= 11 is 3.39. The lowest BCUT2D eigenvalue weighted by atomic mass is 10.1. The Bertz CT molecular complexity index is 991. The molecule has 9 heteroatoms. The smallest absolute Gasteiger partial charge is 0.308 e. The highest BCUT2D eigenvalue weighted by atomic mass is 79.9. The topological polar surface area (TPSA) is 86.7 Å². The van der Waals surface area contributed by atoms with Crippen LogP contribution in [0.2, 0.25) is 0 Å². The summed E-state index contributed by atoms with van der Waals surface area (Å²) in [5.41, 5.74) is 1.07. The van der Waals surface area contributed by atoms with Gasteiger partial charge in [-0.05, 0) is 36.4 Å². The van der Waals surface area contributed by atoms with Crippen molar-refractivity contribution in [3.63, 3.8) is 0 Å². The predicted octanol–water partition coefficient (Wildman–Crippen LogP) is 3.63. The molecule has 0 saturated carbocycles. The van der Waals surface area contributed by atoms with Gasteiger partial charge in [-0.3, -0.25) is 9.59 Å². The molecule has 1 aliphatic heterocycles. The number of carbonyl (C=O) groups excluding carboxylic acids is 2. The van der Waals surface area contributed by atoms with Gasteiger partial charge >= 0.3 is 5.97 Å². The van der Waals surface area contributed by atoms with Crippen LogP contribution in [0.5, 0.6) is 17.2 Å². The highest BCUT2D eigenvalue weighted by Crippen LogP contribution is 2.37. The van der Waals surface area contributed by atoms with E-state index in [1.165, 1.54) is 33.1 Å². The molecule has 0 N–H and O–H groups in total. The first-order valence-corrected chi connectivity index (χ1v) is 9.38. The van der Waals surface area contributed by atoms with E-state index in [1.807, 2.05) is 0 Å². The van der Waals surface area contributed by atoms with Gasteiger partial charge in [-0.25, -0.2) is 0 Å². The van der Waals surface area contributed by atoms with Gasteiger partial charge in [0, 0.05) is 23.9 Å². The minimum Gasteiger partial charge on any atom is -0.493 e. The molecule has 1 atom stereocenters. The number of benzene rings is 2. The number of hydrogen-bond donors (Lipinski definition) is 0. The number of methoxy groups -OCH3 is 2. The van der Waals surface area contributed by atoms with Crippen LogP contribution in [0.15, 0.2) is 46.0 Å². The SMILES string of the molecule is COc1ccc([C@@H]2OC(c3cc(Br)ccc3OC(C)=O)=NN2C(C)=O)cc1OC. The predicted molar refractivity (Wildman–Crippen MR) is 108 cm³/mol. The van der Waals surface area contributed by atoms with E-state index in [0.717, 1.165) is 4.47 Å². The highest BCUT2D eigenvalue weighted by molar-refractivity contribution is 9.10. The summed E-state index contributed by atoms with van der Waals surface area (Å²) in [4.78, 5) is 23.7. The molecule has 1 heterocycles. The van der Waals surface area contributed by atoms with Crippen molar-refractivity contribution in [2.75, 3.05) is 14.2 Å². The maximum atomic E-state index is 12.2. The zero-order valence-corrected chi connectivity index (χ0v) is 17.8. The monoisotopic (exact) mass is 462 g/mol. The van der Waals surface area contributed by atoms with Crippen molar-refractivity contribution >= 4 is 33.7 Å². The molecule has 2 aromatic carbocycles. The molecule has 0 radical (unpaired) electrons. The van der Waals surface area contributed by atoms with E-state index in [4.69, 9.17) is 18.9 Å². The van der Waals surface area contributed by atoms with Crippen molar-refractivity contribution in [2.24, 2.45) is 5.10 Å². The van der Waals surface area contributed by atoms with Crippen LogP contribution in [-0.4, -0.2) is 37.0 Å². The molecular formula is C20H19BrN2O6. The lowest BCUT2D eigenvalue weighted by Crippen LogP contribution is -2.25. The fraction of sp³-hybridized carbons (Fsp3) is 0.250. The molecule has 1 amide bonds. The van der Waals surface area contributed by atoms with Crippen LogP contribution in [0.1, 0.15) is 31.2 Å². The van der Waals surface area contributed by atoms with E-state index >= 15 is 0 Å². The molecule has 152 valence electrons. The van der Waals surface area contributed by atoms with Gasteiger partial charge in [-0.1, -0.05) is 15.9 Å². The van der Waals surface area contributed by atoms with Crippen molar-refractivity contribution in [3.8, 4) is 17.2 Å². The van der Waals surface area contributed by atoms with Gasteiger partial charge in [-0.2, -0.15) is 5.01 Å². The van der Waals surface area contributed by atoms with Crippen LogP contribution in [-0.2, 0) is 14.3 Å². The molecule has 0 aromatic heterocycles. The standard InChI is InChI=1S/C20H19BrN2O6/c1-11(24)23-20(13-5-7-17(26-3)18(9-13)27-4)29-19(22-23)15-10-14(21)6-8-16(15)28-12(2)25/h5-10,20H,1-4H3/t20-/m0/s1. The molecule has 3 rings (SSSR count). The third-order valence-corrected chi connectivity index (χ3v) is 4.58. The number of ether oxygens (including phenoxy) is 4. The molecule has 1 aliphatic rings. The lowest BCUT2D eigenvalue weighted by Gasteiger charge is -2.20. The molecule has 0 fully saturated rings.